The molecule has 0 radical (unpaired) electrons. The fourth-order valence-corrected chi connectivity index (χ4v) is 2.38. The molecule has 0 amide bonds. The predicted octanol–water partition coefficient (Wildman–Crippen LogP) is 4.81. The summed E-state index contributed by atoms with van der Waals surface area (Å²) in [6.07, 6.45) is 4.46. The fourth-order valence-electron chi connectivity index (χ4n) is 1.28. The van der Waals surface area contributed by atoms with E-state index in [1.165, 1.54) is 22.6 Å². The monoisotopic (exact) mass is 225 g/mol. The third-order valence-electron chi connectivity index (χ3n) is 1.97. The Morgan fingerprint density at radius 1 is 1.20 bits per heavy atom. The van der Waals surface area contributed by atoms with Gasteiger partial charge >= 0.3 is 0 Å². The Balaban J connectivity index is 4.55. The topological polar surface area (TPSA) is 12.4 Å². The summed E-state index contributed by atoms with van der Waals surface area (Å²) >= 11 is 1.87. The van der Waals surface area contributed by atoms with Gasteiger partial charge in [0.25, 0.3) is 0 Å². The number of rotatable bonds is 8. The lowest BCUT2D eigenvalue weighted by Gasteiger charge is -2.10. The Morgan fingerprint density at radius 3 is 2.20 bits per heavy atom. The lowest BCUT2D eigenvalue weighted by atomic mass is 10.2. The quantitative estimate of drug-likeness (QED) is 0.426. The van der Waals surface area contributed by atoms with Crippen molar-refractivity contribution >= 4 is 18.5 Å². The zero-order chi connectivity index (χ0) is 11.7. The summed E-state index contributed by atoms with van der Waals surface area (Å²) in [4.78, 5) is 5.55. The minimum Gasteiger partial charge on any atom is -0.268 e. The Labute approximate surface area is 98.8 Å². The number of aliphatic imine (C=N–C) groups is 1. The van der Waals surface area contributed by atoms with Gasteiger partial charge in [-0.15, -0.1) is 11.8 Å². The molecular formula is C13H23NS. The van der Waals surface area contributed by atoms with Gasteiger partial charge in [-0.1, -0.05) is 38.8 Å². The highest BCUT2D eigenvalue weighted by molar-refractivity contribution is 8.03. The van der Waals surface area contributed by atoms with E-state index < -0.39 is 0 Å². The summed E-state index contributed by atoms with van der Waals surface area (Å²) < 4.78 is 0. The lowest BCUT2D eigenvalue weighted by Crippen LogP contribution is -1.89. The van der Waals surface area contributed by atoms with Crippen LogP contribution in [-0.4, -0.2) is 12.5 Å². The molecule has 0 saturated heterocycles. The zero-order valence-corrected chi connectivity index (χ0v) is 11.1. The van der Waals surface area contributed by atoms with E-state index in [2.05, 4.69) is 39.1 Å². The minimum absolute atomic E-state index is 0.998. The van der Waals surface area contributed by atoms with Crippen molar-refractivity contribution in [1.29, 1.82) is 0 Å². The normalized spacial score (nSPS) is 12.2. The molecule has 0 unspecified atom stereocenters. The number of hydrogen-bond acceptors (Lipinski definition) is 2. The molecule has 0 aromatic heterocycles. The Kier molecular flexibility index (Phi) is 8.49. The van der Waals surface area contributed by atoms with E-state index >= 15 is 0 Å². The van der Waals surface area contributed by atoms with Crippen LogP contribution in [0.4, 0.5) is 0 Å². The smallest absolute Gasteiger partial charge is 0.0491 e. The van der Waals surface area contributed by atoms with E-state index in [1.54, 1.807) is 0 Å². The molecule has 0 bridgehead atoms. The Hall–Kier alpha value is -0.500. The first-order chi connectivity index (χ1) is 7.15. The standard InChI is InChI=1S/C13H23NS/c1-6-8-12(14-5)13(9-7-2)15-10-11(3)4/h3,5-10H2,1-2,4H3/b13-12-. The van der Waals surface area contributed by atoms with Crippen molar-refractivity contribution in [2.45, 2.75) is 46.5 Å². The molecule has 0 aromatic rings. The van der Waals surface area contributed by atoms with E-state index in [0.717, 1.165) is 25.0 Å². The second kappa shape index (κ2) is 8.78. The summed E-state index contributed by atoms with van der Waals surface area (Å²) in [6.45, 7) is 14.0. The summed E-state index contributed by atoms with van der Waals surface area (Å²) in [5.74, 6) is 0.998. The van der Waals surface area contributed by atoms with Gasteiger partial charge in [0.1, 0.15) is 0 Å². The number of nitrogens with zero attached hydrogens (tertiary/aromatic N) is 1. The number of allylic oxidation sites excluding steroid dienone is 2. The average Bonchev–Trinajstić information content (AvgIpc) is 2.21. The molecule has 0 N–H and O–H groups in total. The van der Waals surface area contributed by atoms with Crippen LogP contribution in [0.15, 0.2) is 27.7 Å². The summed E-state index contributed by atoms with van der Waals surface area (Å²) in [7, 11) is 0. The van der Waals surface area contributed by atoms with Crippen molar-refractivity contribution in [2.24, 2.45) is 4.99 Å². The average molecular weight is 225 g/mol. The van der Waals surface area contributed by atoms with Crippen molar-refractivity contribution in [3.05, 3.63) is 22.8 Å². The molecule has 0 aliphatic rings. The first kappa shape index (κ1) is 14.5. The maximum atomic E-state index is 4.15. The second-order valence-electron chi connectivity index (χ2n) is 3.77. The van der Waals surface area contributed by atoms with Gasteiger partial charge in [-0.2, -0.15) is 0 Å². The van der Waals surface area contributed by atoms with Gasteiger partial charge in [0, 0.05) is 16.4 Å². The third kappa shape index (κ3) is 6.56. The van der Waals surface area contributed by atoms with Crippen LogP contribution in [0.1, 0.15) is 46.5 Å². The van der Waals surface area contributed by atoms with Gasteiger partial charge in [0.15, 0.2) is 0 Å². The van der Waals surface area contributed by atoms with Crippen molar-refractivity contribution in [1.82, 2.24) is 0 Å². The maximum absolute atomic E-state index is 4.15. The van der Waals surface area contributed by atoms with E-state index in [9.17, 15) is 0 Å². The van der Waals surface area contributed by atoms with Crippen molar-refractivity contribution in [3.63, 3.8) is 0 Å². The van der Waals surface area contributed by atoms with Crippen LogP contribution in [-0.2, 0) is 0 Å². The van der Waals surface area contributed by atoms with Crippen LogP contribution < -0.4 is 0 Å². The SMILES string of the molecule is C=N/C(CCC)=C(/CCC)SCC(=C)C. The van der Waals surface area contributed by atoms with Crippen LogP contribution in [0.3, 0.4) is 0 Å². The number of hydrogen-bond donors (Lipinski definition) is 0. The number of thioether (sulfide) groups is 1. The van der Waals surface area contributed by atoms with Crippen LogP contribution in [0, 0.1) is 0 Å². The summed E-state index contributed by atoms with van der Waals surface area (Å²) in [6, 6.07) is 0. The summed E-state index contributed by atoms with van der Waals surface area (Å²) in [5.41, 5.74) is 2.40. The highest BCUT2D eigenvalue weighted by Crippen LogP contribution is 2.28. The first-order valence-electron chi connectivity index (χ1n) is 5.61. The van der Waals surface area contributed by atoms with Crippen molar-refractivity contribution in [2.75, 3.05) is 5.75 Å². The van der Waals surface area contributed by atoms with Crippen LogP contribution >= 0.6 is 11.8 Å². The van der Waals surface area contributed by atoms with E-state index in [1.807, 2.05) is 11.8 Å². The Bertz CT molecular complexity index is 241. The van der Waals surface area contributed by atoms with E-state index in [4.69, 9.17) is 0 Å². The molecular weight excluding hydrogens is 202 g/mol. The molecule has 0 heterocycles. The van der Waals surface area contributed by atoms with Gasteiger partial charge in [0.2, 0.25) is 0 Å². The van der Waals surface area contributed by atoms with Gasteiger partial charge in [-0.3, -0.25) is 4.99 Å². The van der Waals surface area contributed by atoms with Gasteiger partial charge in [0.05, 0.1) is 0 Å². The first-order valence-corrected chi connectivity index (χ1v) is 6.60. The predicted molar refractivity (Wildman–Crippen MR) is 73.7 cm³/mol. The van der Waals surface area contributed by atoms with E-state index in [-0.39, 0.29) is 0 Å². The zero-order valence-electron chi connectivity index (χ0n) is 10.3. The molecule has 0 spiro atoms. The van der Waals surface area contributed by atoms with Crippen molar-refractivity contribution in [3.8, 4) is 0 Å². The van der Waals surface area contributed by atoms with Gasteiger partial charge < -0.3 is 0 Å². The van der Waals surface area contributed by atoms with Gasteiger partial charge in [-0.05, 0) is 26.5 Å². The molecule has 0 rings (SSSR count). The van der Waals surface area contributed by atoms with Gasteiger partial charge in [-0.25, -0.2) is 0 Å². The molecule has 0 atom stereocenters. The molecule has 15 heavy (non-hydrogen) atoms. The molecule has 0 aliphatic carbocycles. The van der Waals surface area contributed by atoms with Crippen molar-refractivity contribution < 1.29 is 0 Å². The Morgan fingerprint density at radius 2 is 1.80 bits per heavy atom. The van der Waals surface area contributed by atoms with E-state index in [0.29, 0.717) is 0 Å². The second-order valence-corrected chi connectivity index (χ2v) is 4.84. The molecule has 0 fully saturated rings. The fraction of sp³-hybridized carbons (Fsp3) is 0.615. The molecule has 86 valence electrons. The highest BCUT2D eigenvalue weighted by Gasteiger charge is 2.05. The highest BCUT2D eigenvalue weighted by atomic mass is 32.2. The molecule has 0 aliphatic heterocycles. The van der Waals surface area contributed by atoms with Crippen LogP contribution in [0.25, 0.3) is 0 Å². The molecule has 2 heteroatoms. The minimum atomic E-state index is 0.998. The summed E-state index contributed by atoms with van der Waals surface area (Å²) in [5, 5.41) is 0. The third-order valence-corrected chi connectivity index (χ3v) is 3.39. The van der Waals surface area contributed by atoms with Crippen LogP contribution in [0.5, 0.6) is 0 Å². The molecule has 0 aromatic carbocycles. The maximum Gasteiger partial charge on any atom is 0.0491 e. The van der Waals surface area contributed by atoms with Crippen LogP contribution in [0.2, 0.25) is 0 Å². The largest absolute Gasteiger partial charge is 0.268 e. The molecule has 0 saturated carbocycles. The molecule has 1 nitrogen and oxygen atoms in total. The lowest BCUT2D eigenvalue weighted by molar-refractivity contribution is 0.859.